The third kappa shape index (κ3) is 4.52. The lowest BCUT2D eigenvalue weighted by atomic mass is 10.2. The number of sulfonamides is 1. The molecule has 0 aliphatic heterocycles. The third-order valence-corrected chi connectivity index (χ3v) is 5.94. The van der Waals surface area contributed by atoms with E-state index in [4.69, 9.17) is 5.11 Å². The van der Waals surface area contributed by atoms with Crippen LogP contribution in [0.3, 0.4) is 0 Å². The minimum absolute atomic E-state index is 0.0385. The molecular formula is C18H14N2O5S2. The minimum atomic E-state index is -3.95. The Kier molecular flexibility index (Phi) is 5.24. The van der Waals surface area contributed by atoms with Crippen molar-refractivity contribution in [2.24, 2.45) is 0 Å². The standard InChI is InChI=1S/C18H14N2O5S2/c21-17(19-13-6-2-1-3-7-13)16-10-15(11-26-16)27(24,25)20-14-8-4-5-12(9-14)18(22)23/h1-11,20H,(H,19,21)(H,22,23). The number of benzene rings is 2. The lowest BCUT2D eigenvalue weighted by molar-refractivity contribution is 0.0696. The number of carboxylic acid groups (broad SMARTS) is 1. The molecular weight excluding hydrogens is 388 g/mol. The molecule has 0 fully saturated rings. The van der Waals surface area contributed by atoms with Gasteiger partial charge in [0.1, 0.15) is 0 Å². The summed E-state index contributed by atoms with van der Waals surface area (Å²) in [5.74, 6) is -1.58. The molecule has 0 saturated carbocycles. The van der Waals surface area contributed by atoms with Gasteiger partial charge in [0.25, 0.3) is 15.9 Å². The van der Waals surface area contributed by atoms with E-state index in [0.717, 1.165) is 11.3 Å². The van der Waals surface area contributed by atoms with E-state index in [0.29, 0.717) is 5.69 Å². The summed E-state index contributed by atoms with van der Waals surface area (Å²) in [6.07, 6.45) is 0. The molecule has 2 aromatic carbocycles. The summed E-state index contributed by atoms with van der Waals surface area (Å²) in [6.45, 7) is 0. The molecule has 3 aromatic rings. The first kappa shape index (κ1) is 18.6. The predicted octanol–water partition coefficient (Wildman–Crippen LogP) is 3.50. The quantitative estimate of drug-likeness (QED) is 0.584. The zero-order chi connectivity index (χ0) is 19.4. The van der Waals surface area contributed by atoms with E-state index < -0.39 is 21.9 Å². The SMILES string of the molecule is O=C(O)c1cccc(NS(=O)(=O)c2csc(C(=O)Nc3ccccc3)c2)c1. The summed E-state index contributed by atoms with van der Waals surface area (Å²) < 4.78 is 27.3. The van der Waals surface area contributed by atoms with E-state index in [-0.39, 0.29) is 21.0 Å². The van der Waals surface area contributed by atoms with Crippen molar-refractivity contribution in [3.8, 4) is 0 Å². The van der Waals surface area contributed by atoms with E-state index in [1.165, 1.54) is 35.7 Å². The molecule has 1 amide bonds. The van der Waals surface area contributed by atoms with Crippen molar-refractivity contribution in [1.82, 2.24) is 0 Å². The number of carboxylic acids is 1. The summed E-state index contributed by atoms with van der Waals surface area (Å²) >= 11 is 0.997. The van der Waals surface area contributed by atoms with Crippen molar-refractivity contribution >= 4 is 44.6 Å². The summed E-state index contributed by atoms with van der Waals surface area (Å²) in [5.41, 5.74) is 0.684. The van der Waals surface area contributed by atoms with Gasteiger partial charge in [-0.1, -0.05) is 24.3 Å². The van der Waals surface area contributed by atoms with Gasteiger partial charge in [-0.25, -0.2) is 13.2 Å². The van der Waals surface area contributed by atoms with Crippen LogP contribution in [-0.4, -0.2) is 25.4 Å². The topological polar surface area (TPSA) is 113 Å². The Morgan fingerprint density at radius 2 is 1.63 bits per heavy atom. The maximum atomic E-state index is 12.5. The van der Waals surface area contributed by atoms with Gasteiger partial charge < -0.3 is 10.4 Å². The highest BCUT2D eigenvalue weighted by molar-refractivity contribution is 7.92. The van der Waals surface area contributed by atoms with Gasteiger partial charge in [0.15, 0.2) is 0 Å². The Morgan fingerprint density at radius 3 is 2.33 bits per heavy atom. The predicted molar refractivity (Wildman–Crippen MR) is 103 cm³/mol. The molecule has 138 valence electrons. The number of carbonyl (C=O) groups excluding carboxylic acids is 1. The zero-order valence-corrected chi connectivity index (χ0v) is 15.4. The van der Waals surface area contributed by atoms with Crippen molar-refractivity contribution in [3.63, 3.8) is 0 Å². The summed E-state index contributed by atoms with van der Waals surface area (Å²) in [6, 6.07) is 15.5. The Morgan fingerprint density at radius 1 is 0.926 bits per heavy atom. The van der Waals surface area contributed by atoms with Crippen LogP contribution in [-0.2, 0) is 10.0 Å². The third-order valence-electron chi connectivity index (χ3n) is 3.50. The largest absolute Gasteiger partial charge is 0.478 e. The van der Waals surface area contributed by atoms with E-state index in [9.17, 15) is 18.0 Å². The van der Waals surface area contributed by atoms with Crippen molar-refractivity contribution in [1.29, 1.82) is 0 Å². The number of para-hydroxylation sites is 1. The van der Waals surface area contributed by atoms with Gasteiger partial charge >= 0.3 is 5.97 Å². The lowest BCUT2D eigenvalue weighted by Crippen LogP contribution is -2.13. The first-order valence-corrected chi connectivity index (χ1v) is 10.0. The fourth-order valence-electron chi connectivity index (χ4n) is 2.22. The highest BCUT2D eigenvalue weighted by Crippen LogP contribution is 2.23. The van der Waals surface area contributed by atoms with Crippen LogP contribution in [0.25, 0.3) is 0 Å². The second kappa shape index (κ2) is 7.60. The normalized spacial score (nSPS) is 11.0. The smallest absolute Gasteiger partial charge is 0.335 e. The number of hydrogen-bond acceptors (Lipinski definition) is 5. The van der Waals surface area contributed by atoms with E-state index in [1.54, 1.807) is 24.3 Å². The molecule has 0 aliphatic rings. The fourth-order valence-corrected chi connectivity index (χ4v) is 4.44. The van der Waals surface area contributed by atoms with Gasteiger partial charge in [0, 0.05) is 16.8 Å². The Bertz CT molecular complexity index is 1090. The van der Waals surface area contributed by atoms with Crippen LogP contribution in [0.1, 0.15) is 20.0 Å². The average Bonchev–Trinajstić information content (AvgIpc) is 3.14. The molecule has 1 heterocycles. The Hall–Kier alpha value is -3.17. The van der Waals surface area contributed by atoms with Crippen LogP contribution >= 0.6 is 11.3 Å². The molecule has 27 heavy (non-hydrogen) atoms. The number of aromatic carboxylic acids is 1. The number of hydrogen-bond donors (Lipinski definition) is 3. The highest BCUT2D eigenvalue weighted by atomic mass is 32.2. The van der Waals surface area contributed by atoms with E-state index in [2.05, 4.69) is 10.0 Å². The van der Waals surface area contributed by atoms with Crippen LogP contribution in [0.15, 0.2) is 70.9 Å². The van der Waals surface area contributed by atoms with Gasteiger partial charge in [-0.3, -0.25) is 9.52 Å². The number of thiophene rings is 1. The van der Waals surface area contributed by atoms with Crippen molar-refractivity contribution in [2.75, 3.05) is 10.0 Å². The van der Waals surface area contributed by atoms with Gasteiger partial charge in [0.2, 0.25) is 0 Å². The Labute approximate surface area is 159 Å². The van der Waals surface area contributed by atoms with Crippen LogP contribution in [0.2, 0.25) is 0 Å². The molecule has 3 N–H and O–H groups in total. The molecule has 0 aliphatic carbocycles. The van der Waals surface area contributed by atoms with E-state index in [1.807, 2.05) is 6.07 Å². The number of anilines is 2. The molecule has 0 spiro atoms. The number of amides is 1. The zero-order valence-electron chi connectivity index (χ0n) is 13.7. The summed E-state index contributed by atoms with van der Waals surface area (Å²) in [4.78, 5) is 23.4. The van der Waals surface area contributed by atoms with Crippen LogP contribution in [0.5, 0.6) is 0 Å². The molecule has 1 aromatic heterocycles. The molecule has 0 atom stereocenters. The monoisotopic (exact) mass is 402 g/mol. The van der Waals surface area contributed by atoms with Gasteiger partial charge in [0.05, 0.1) is 15.3 Å². The first-order valence-electron chi connectivity index (χ1n) is 7.66. The molecule has 7 nitrogen and oxygen atoms in total. The minimum Gasteiger partial charge on any atom is -0.478 e. The molecule has 9 heteroatoms. The number of carbonyl (C=O) groups is 2. The maximum absolute atomic E-state index is 12.5. The van der Waals surface area contributed by atoms with Gasteiger partial charge in [-0.15, -0.1) is 11.3 Å². The molecule has 0 unspecified atom stereocenters. The lowest BCUT2D eigenvalue weighted by Gasteiger charge is -2.07. The van der Waals surface area contributed by atoms with E-state index >= 15 is 0 Å². The molecule has 3 rings (SSSR count). The van der Waals surface area contributed by atoms with Crippen molar-refractivity contribution in [2.45, 2.75) is 4.90 Å². The first-order chi connectivity index (χ1) is 12.8. The summed E-state index contributed by atoms with van der Waals surface area (Å²) in [7, 11) is -3.95. The number of nitrogens with one attached hydrogen (secondary N) is 2. The maximum Gasteiger partial charge on any atom is 0.335 e. The van der Waals surface area contributed by atoms with Crippen molar-refractivity contribution < 1.29 is 23.1 Å². The second-order valence-corrected chi connectivity index (χ2v) is 8.05. The second-order valence-electron chi connectivity index (χ2n) is 5.46. The van der Waals surface area contributed by atoms with Gasteiger partial charge in [-0.05, 0) is 36.4 Å². The highest BCUT2D eigenvalue weighted by Gasteiger charge is 2.19. The fraction of sp³-hybridized carbons (Fsp3) is 0. The molecule has 0 radical (unpaired) electrons. The average molecular weight is 402 g/mol. The Balaban J connectivity index is 1.77. The van der Waals surface area contributed by atoms with Crippen LogP contribution < -0.4 is 10.0 Å². The van der Waals surface area contributed by atoms with Crippen molar-refractivity contribution in [3.05, 3.63) is 76.5 Å². The molecule has 0 saturated heterocycles. The van der Waals surface area contributed by atoms with Crippen LogP contribution in [0.4, 0.5) is 11.4 Å². The van der Waals surface area contributed by atoms with Crippen LogP contribution in [0, 0.1) is 0 Å². The molecule has 0 bridgehead atoms. The summed E-state index contributed by atoms with van der Waals surface area (Å²) in [5, 5.41) is 13.0. The van der Waals surface area contributed by atoms with Gasteiger partial charge in [-0.2, -0.15) is 0 Å². The number of rotatable bonds is 6.